The number of piperazine rings is 1. The largest absolute Gasteiger partial charge is 0.507 e. The van der Waals surface area contributed by atoms with E-state index in [1.165, 1.54) is 17.7 Å². The van der Waals surface area contributed by atoms with Gasteiger partial charge in [0.25, 0.3) is 5.91 Å². The van der Waals surface area contributed by atoms with Crippen LogP contribution in [0.4, 0.5) is 5.82 Å². The summed E-state index contributed by atoms with van der Waals surface area (Å²) in [5.41, 5.74) is 13.1. The number of imidazole rings is 1. The van der Waals surface area contributed by atoms with Crippen molar-refractivity contribution in [1.29, 1.82) is 0 Å². The van der Waals surface area contributed by atoms with Gasteiger partial charge in [0.2, 0.25) is 0 Å². The van der Waals surface area contributed by atoms with Crippen molar-refractivity contribution in [1.82, 2.24) is 29.3 Å². The number of phenols is 1. The van der Waals surface area contributed by atoms with Crippen LogP contribution in [-0.4, -0.2) is 71.8 Å². The fourth-order valence-electron chi connectivity index (χ4n) is 6.88. The molecule has 3 N–H and O–H groups in total. The molecule has 0 aliphatic carbocycles. The lowest BCUT2D eigenvalue weighted by Crippen LogP contribution is -2.48. The molecule has 2 saturated heterocycles. The lowest BCUT2D eigenvalue weighted by Gasteiger charge is -2.34. The van der Waals surface area contributed by atoms with E-state index in [1.54, 1.807) is 12.3 Å². The Morgan fingerprint density at radius 2 is 1.74 bits per heavy atom. The van der Waals surface area contributed by atoms with E-state index in [0.29, 0.717) is 30.0 Å². The maximum atomic E-state index is 13.2. The molecule has 10 nitrogen and oxygen atoms in total. The molecule has 0 spiro atoms. The summed E-state index contributed by atoms with van der Waals surface area (Å²) in [6, 6.07) is 31.1. The zero-order valence-corrected chi connectivity index (χ0v) is 25.4. The van der Waals surface area contributed by atoms with E-state index in [4.69, 9.17) is 15.7 Å². The van der Waals surface area contributed by atoms with E-state index in [-0.39, 0.29) is 29.3 Å². The Hall–Kier alpha value is -5.87. The highest BCUT2D eigenvalue weighted by atomic mass is 16.3. The zero-order chi connectivity index (χ0) is 32.1. The van der Waals surface area contributed by atoms with Crippen molar-refractivity contribution in [2.45, 2.75) is 25.0 Å². The number of pyridine rings is 2. The number of hydrogen-bond acceptors (Lipinski definition) is 8. The summed E-state index contributed by atoms with van der Waals surface area (Å²) in [6.45, 7) is 2.17. The van der Waals surface area contributed by atoms with Gasteiger partial charge in [-0.3, -0.25) is 19.1 Å². The number of phenolic OH excluding ortho intramolecular Hbond substituents is 1. The molecule has 0 saturated carbocycles. The lowest BCUT2D eigenvalue weighted by atomic mass is 10.1. The van der Waals surface area contributed by atoms with Gasteiger partial charge in [-0.15, -0.1) is 0 Å². The number of carbonyl (C=O) groups is 2. The number of likely N-dealkylation sites (tertiary alicyclic amines) is 2. The second-order valence-corrected chi connectivity index (χ2v) is 12.1. The topological polar surface area (TPSA) is 130 Å². The summed E-state index contributed by atoms with van der Waals surface area (Å²) in [5, 5.41) is 10.1. The van der Waals surface area contributed by atoms with Crippen molar-refractivity contribution in [2.24, 2.45) is 0 Å². The third kappa shape index (κ3) is 5.08. The number of aldehydes is 1. The van der Waals surface area contributed by atoms with Crippen LogP contribution in [0.2, 0.25) is 0 Å². The zero-order valence-electron chi connectivity index (χ0n) is 25.4. The fraction of sp³-hybridized carbons (Fsp3) is 0.162. The Labute approximate surface area is 270 Å². The number of benzene rings is 3. The molecule has 0 radical (unpaired) electrons. The summed E-state index contributed by atoms with van der Waals surface area (Å²) in [7, 11) is 0. The molecule has 8 rings (SSSR count). The third-order valence-corrected chi connectivity index (χ3v) is 9.25. The average molecular weight is 622 g/mol. The Morgan fingerprint density at radius 3 is 2.47 bits per heavy atom. The van der Waals surface area contributed by atoms with Gasteiger partial charge in [-0.2, -0.15) is 0 Å². The predicted octanol–water partition coefficient (Wildman–Crippen LogP) is 5.35. The lowest BCUT2D eigenvalue weighted by molar-refractivity contribution is 0.0615. The number of aromatic hydroxyl groups is 1. The van der Waals surface area contributed by atoms with Crippen LogP contribution in [0.1, 0.15) is 32.7 Å². The van der Waals surface area contributed by atoms with Crippen LogP contribution in [-0.2, 0) is 6.54 Å². The van der Waals surface area contributed by atoms with Gasteiger partial charge in [0.1, 0.15) is 17.1 Å². The first-order valence-electron chi connectivity index (χ1n) is 15.5. The van der Waals surface area contributed by atoms with Gasteiger partial charge in [-0.1, -0.05) is 42.5 Å². The first-order valence-corrected chi connectivity index (χ1v) is 15.5. The Balaban J connectivity index is 1.05. The molecule has 0 unspecified atom stereocenters. The molecule has 3 aromatic heterocycles. The summed E-state index contributed by atoms with van der Waals surface area (Å²) in [5.74, 6) is 0.783. The van der Waals surface area contributed by atoms with Gasteiger partial charge in [0.05, 0.1) is 16.8 Å². The first-order chi connectivity index (χ1) is 23.0. The Morgan fingerprint density at radius 1 is 0.915 bits per heavy atom. The summed E-state index contributed by atoms with van der Waals surface area (Å²) >= 11 is 0. The van der Waals surface area contributed by atoms with E-state index in [9.17, 15) is 14.7 Å². The standard InChI is InChI=1S/C37H31N7O3/c38-34-30(7-4-16-39-34)35-41-32-15-14-31(24-5-2-1-3-6-24)40-36(32)44(35)27-12-8-23(9-13-27)19-42-20-29-18-28(42)21-43(29)37(47)25-10-11-26(22-45)33(46)17-25/h1-17,22,28-29,46H,18-21H2,(H2,38,39)/t28-,29-/m0/s1. The number of aromatic nitrogens is 4. The van der Waals surface area contributed by atoms with E-state index in [2.05, 4.69) is 34.1 Å². The highest BCUT2D eigenvalue weighted by Crippen LogP contribution is 2.35. The van der Waals surface area contributed by atoms with Crippen molar-refractivity contribution in [3.8, 4) is 34.1 Å². The Bertz CT molecular complexity index is 2150. The minimum absolute atomic E-state index is 0.106. The normalized spacial score (nSPS) is 17.4. The van der Waals surface area contributed by atoms with Crippen LogP contribution < -0.4 is 5.73 Å². The second kappa shape index (κ2) is 11.5. The van der Waals surface area contributed by atoms with Crippen molar-refractivity contribution in [2.75, 3.05) is 18.8 Å². The number of rotatable bonds is 7. The number of nitrogens with two attached hydrogens (primary N) is 1. The predicted molar refractivity (Wildman–Crippen MR) is 179 cm³/mol. The highest BCUT2D eigenvalue weighted by Gasteiger charge is 2.45. The van der Waals surface area contributed by atoms with Crippen LogP contribution in [0.25, 0.3) is 39.5 Å². The summed E-state index contributed by atoms with van der Waals surface area (Å²) in [4.78, 5) is 42.9. The van der Waals surface area contributed by atoms with Gasteiger partial charge in [0, 0.05) is 54.7 Å². The van der Waals surface area contributed by atoms with Crippen LogP contribution in [0, 0.1) is 0 Å². The number of fused-ring (bicyclic) bond motifs is 3. The molecule has 5 heterocycles. The third-order valence-electron chi connectivity index (χ3n) is 9.25. The first kappa shape index (κ1) is 28.6. The number of carbonyl (C=O) groups excluding carboxylic acids is 2. The molecule has 2 bridgehead atoms. The summed E-state index contributed by atoms with van der Waals surface area (Å²) < 4.78 is 2.04. The number of anilines is 1. The fourth-order valence-corrected chi connectivity index (χ4v) is 6.88. The second-order valence-electron chi connectivity index (χ2n) is 12.1. The molecule has 232 valence electrons. The maximum absolute atomic E-state index is 13.2. The van der Waals surface area contributed by atoms with Crippen LogP contribution >= 0.6 is 0 Å². The van der Waals surface area contributed by atoms with Gasteiger partial charge >= 0.3 is 0 Å². The monoisotopic (exact) mass is 621 g/mol. The van der Waals surface area contributed by atoms with Gasteiger partial charge < -0.3 is 15.7 Å². The summed E-state index contributed by atoms with van der Waals surface area (Å²) in [6.07, 6.45) is 3.16. The molecule has 2 aliphatic heterocycles. The molecule has 2 aliphatic rings. The van der Waals surface area contributed by atoms with E-state index in [1.807, 2.05) is 64.1 Å². The van der Waals surface area contributed by atoms with Gasteiger partial charge in [-0.05, 0) is 66.6 Å². The Kier molecular flexibility index (Phi) is 6.99. The van der Waals surface area contributed by atoms with E-state index >= 15 is 0 Å². The van der Waals surface area contributed by atoms with Crippen molar-refractivity contribution >= 4 is 29.2 Å². The molecule has 1 amide bonds. The smallest absolute Gasteiger partial charge is 0.254 e. The highest BCUT2D eigenvalue weighted by molar-refractivity contribution is 5.96. The van der Waals surface area contributed by atoms with Crippen LogP contribution in [0.15, 0.2) is 103 Å². The van der Waals surface area contributed by atoms with Crippen molar-refractivity contribution < 1.29 is 14.7 Å². The van der Waals surface area contributed by atoms with Crippen LogP contribution in [0.3, 0.4) is 0 Å². The number of nitrogen functional groups attached to an aromatic ring is 1. The maximum Gasteiger partial charge on any atom is 0.254 e. The molecular weight excluding hydrogens is 590 g/mol. The molecule has 6 aromatic rings. The number of amides is 1. The molecule has 2 atom stereocenters. The van der Waals surface area contributed by atoms with Gasteiger partial charge in [0.15, 0.2) is 17.8 Å². The van der Waals surface area contributed by atoms with Crippen LogP contribution in [0.5, 0.6) is 5.75 Å². The molecular formula is C37H31N7O3. The average Bonchev–Trinajstić information content (AvgIpc) is 3.81. The molecule has 10 heteroatoms. The number of hydrogen-bond donors (Lipinski definition) is 2. The molecule has 2 fully saturated rings. The molecule has 3 aromatic carbocycles. The van der Waals surface area contributed by atoms with E-state index in [0.717, 1.165) is 53.2 Å². The minimum atomic E-state index is -0.174. The SMILES string of the molecule is Nc1ncccc1-c1nc2ccc(-c3ccccc3)nc2n1-c1ccc(CN2C[C@@H]3C[C@H]2CN3C(=O)c2ccc(C=O)c(O)c2)cc1. The minimum Gasteiger partial charge on any atom is -0.507 e. The molecule has 47 heavy (non-hydrogen) atoms. The van der Waals surface area contributed by atoms with Gasteiger partial charge in [-0.25, -0.2) is 15.0 Å². The number of nitrogens with zero attached hydrogens (tertiary/aromatic N) is 6. The van der Waals surface area contributed by atoms with Crippen molar-refractivity contribution in [3.05, 3.63) is 120 Å². The van der Waals surface area contributed by atoms with Crippen molar-refractivity contribution in [3.63, 3.8) is 0 Å². The van der Waals surface area contributed by atoms with E-state index < -0.39 is 0 Å². The quantitative estimate of drug-likeness (QED) is 0.228.